The lowest BCUT2D eigenvalue weighted by atomic mass is 10.1. The summed E-state index contributed by atoms with van der Waals surface area (Å²) >= 11 is 5.96. The number of amides is 1. The van der Waals surface area contributed by atoms with Crippen LogP contribution in [0.15, 0.2) is 30.3 Å². The Labute approximate surface area is 127 Å². The molecule has 21 heavy (non-hydrogen) atoms. The van der Waals surface area contributed by atoms with E-state index in [0.717, 1.165) is 17.2 Å². The number of carbonyl (C=O) groups excluding carboxylic acids is 1. The summed E-state index contributed by atoms with van der Waals surface area (Å²) in [4.78, 5) is 14.3. The van der Waals surface area contributed by atoms with Gasteiger partial charge in [0, 0.05) is 19.2 Å². The number of aromatic hydroxyl groups is 2. The molecule has 0 fully saturated rings. The number of carbonyl (C=O) groups is 1. The fourth-order valence-electron chi connectivity index (χ4n) is 2.66. The fraction of sp³-hybridized carbons (Fsp3) is 0.188. The van der Waals surface area contributed by atoms with E-state index in [4.69, 9.17) is 11.6 Å². The van der Waals surface area contributed by atoms with Gasteiger partial charge in [-0.25, -0.2) is 0 Å². The summed E-state index contributed by atoms with van der Waals surface area (Å²) in [5, 5.41) is 19.6. The molecule has 1 aliphatic heterocycles. The second-order valence-corrected chi connectivity index (χ2v) is 5.54. The molecule has 0 aromatic heterocycles. The molecule has 0 bridgehead atoms. The zero-order chi connectivity index (χ0) is 15.1. The van der Waals surface area contributed by atoms with Crippen molar-refractivity contribution >= 4 is 17.5 Å². The lowest BCUT2D eigenvalue weighted by molar-refractivity contribution is 0.0747. The number of benzene rings is 2. The minimum Gasteiger partial charge on any atom is -0.507 e. The highest BCUT2D eigenvalue weighted by Crippen LogP contribution is 2.37. The Morgan fingerprint density at radius 1 is 1.14 bits per heavy atom. The molecule has 2 aromatic rings. The summed E-state index contributed by atoms with van der Waals surface area (Å²) in [5.74, 6) is -0.772. The molecule has 0 unspecified atom stereocenters. The second kappa shape index (κ2) is 4.97. The van der Waals surface area contributed by atoms with Crippen LogP contribution in [0, 0.1) is 6.92 Å². The first kappa shape index (κ1) is 13.8. The van der Waals surface area contributed by atoms with Crippen LogP contribution in [-0.4, -0.2) is 21.0 Å². The van der Waals surface area contributed by atoms with Crippen LogP contribution in [0.5, 0.6) is 11.5 Å². The van der Waals surface area contributed by atoms with Crippen LogP contribution >= 0.6 is 11.6 Å². The Morgan fingerprint density at radius 2 is 1.71 bits per heavy atom. The van der Waals surface area contributed by atoms with Gasteiger partial charge in [0.15, 0.2) is 0 Å². The molecule has 4 nitrogen and oxygen atoms in total. The molecule has 0 saturated heterocycles. The Hall–Kier alpha value is -2.20. The third-order valence-corrected chi connectivity index (χ3v) is 4.28. The monoisotopic (exact) mass is 303 g/mol. The van der Waals surface area contributed by atoms with Gasteiger partial charge in [0.1, 0.15) is 11.5 Å². The van der Waals surface area contributed by atoms with E-state index in [2.05, 4.69) is 0 Å². The van der Waals surface area contributed by atoms with E-state index < -0.39 is 0 Å². The van der Waals surface area contributed by atoms with Gasteiger partial charge in [-0.05, 0) is 23.6 Å². The van der Waals surface area contributed by atoms with Crippen LogP contribution in [0.1, 0.15) is 27.0 Å². The smallest absolute Gasteiger partial charge is 0.258 e. The quantitative estimate of drug-likeness (QED) is 0.850. The summed E-state index contributed by atoms with van der Waals surface area (Å²) in [7, 11) is 0. The van der Waals surface area contributed by atoms with Crippen molar-refractivity contribution in [1.29, 1.82) is 0 Å². The van der Waals surface area contributed by atoms with Crippen molar-refractivity contribution in [1.82, 2.24) is 4.90 Å². The Morgan fingerprint density at radius 3 is 2.29 bits per heavy atom. The molecular formula is C16H14ClNO3. The van der Waals surface area contributed by atoms with Crippen molar-refractivity contribution < 1.29 is 15.0 Å². The van der Waals surface area contributed by atoms with Gasteiger partial charge in [-0.2, -0.15) is 0 Å². The van der Waals surface area contributed by atoms with Gasteiger partial charge in [-0.1, -0.05) is 35.9 Å². The maximum atomic E-state index is 12.6. The van der Waals surface area contributed by atoms with Crippen molar-refractivity contribution in [3.63, 3.8) is 0 Å². The van der Waals surface area contributed by atoms with Gasteiger partial charge in [0.05, 0.1) is 10.6 Å². The summed E-state index contributed by atoms with van der Waals surface area (Å²) in [6.07, 6.45) is 0. The van der Waals surface area contributed by atoms with Gasteiger partial charge < -0.3 is 15.1 Å². The number of phenolic OH excluding ortho intramolecular Hbond substituents is 2. The number of fused-ring (bicyclic) bond motifs is 1. The van der Waals surface area contributed by atoms with Crippen LogP contribution < -0.4 is 0 Å². The first-order valence-electron chi connectivity index (χ1n) is 6.56. The maximum absolute atomic E-state index is 12.6. The van der Waals surface area contributed by atoms with Crippen molar-refractivity contribution in [2.75, 3.05) is 0 Å². The van der Waals surface area contributed by atoms with Gasteiger partial charge in [0.25, 0.3) is 5.91 Å². The third-order valence-electron chi connectivity index (χ3n) is 3.80. The molecule has 0 spiro atoms. The highest BCUT2D eigenvalue weighted by Gasteiger charge is 2.28. The number of nitrogens with zero attached hydrogens (tertiary/aromatic N) is 1. The lowest BCUT2D eigenvalue weighted by Crippen LogP contribution is -2.26. The molecule has 0 radical (unpaired) electrons. The maximum Gasteiger partial charge on any atom is 0.258 e. The zero-order valence-electron chi connectivity index (χ0n) is 11.4. The van der Waals surface area contributed by atoms with E-state index in [-0.39, 0.29) is 28.0 Å². The predicted molar refractivity (Wildman–Crippen MR) is 79.5 cm³/mol. The topological polar surface area (TPSA) is 60.8 Å². The molecule has 1 amide bonds. The number of rotatable bonds is 1. The van der Waals surface area contributed by atoms with Crippen LogP contribution in [-0.2, 0) is 13.1 Å². The van der Waals surface area contributed by atoms with Gasteiger partial charge >= 0.3 is 0 Å². The lowest BCUT2D eigenvalue weighted by Gasteiger charge is -2.18. The molecule has 0 atom stereocenters. The van der Waals surface area contributed by atoms with E-state index in [9.17, 15) is 15.0 Å². The average molecular weight is 304 g/mol. The molecule has 1 aliphatic rings. The Balaban J connectivity index is 1.97. The van der Waals surface area contributed by atoms with Crippen molar-refractivity contribution in [2.24, 2.45) is 0 Å². The largest absolute Gasteiger partial charge is 0.507 e. The molecule has 2 aromatic carbocycles. The van der Waals surface area contributed by atoms with E-state index >= 15 is 0 Å². The normalized spacial score (nSPS) is 13.3. The van der Waals surface area contributed by atoms with Crippen LogP contribution in [0.3, 0.4) is 0 Å². The third kappa shape index (κ3) is 2.21. The molecule has 2 N–H and O–H groups in total. The summed E-state index contributed by atoms with van der Waals surface area (Å²) < 4.78 is 0. The second-order valence-electron chi connectivity index (χ2n) is 5.16. The SMILES string of the molecule is Cc1c(Cl)c(O)cc(O)c1C(=O)N1Cc2ccccc2C1. The number of halogens is 1. The minimum atomic E-state index is -0.289. The molecule has 108 valence electrons. The van der Waals surface area contributed by atoms with Crippen molar-refractivity contribution in [3.8, 4) is 11.5 Å². The Kier molecular flexibility index (Phi) is 3.26. The van der Waals surface area contributed by atoms with Crippen molar-refractivity contribution in [3.05, 3.63) is 57.6 Å². The summed E-state index contributed by atoms with van der Waals surface area (Å²) in [6.45, 7) is 2.62. The number of phenols is 2. The first-order valence-corrected chi connectivity index (χ1v) is 6.94. The molecular weight excluding hydrogens is 290 g/mol. The number of hydrogen-bond acceptors (Lipinski definition) is 3. The summed E-state index contributed by atoms with van der Waals surface area (Å²) in [6, 6.07) is 8.95. The fourth-order valence-corrected chi connectivity index (χ4v) is 2.81. The first-order chi connectivity index (χ1) is 9.99. The zero-order valence-corrected chi connectivity index (χ0v) is 12.2. The summed E-state index contributed by atoms with van der Waals surface area (Å²) in [5.41, 5.74) is 2.74. The van der Waals surface area contributed by atoms with Gasteiger partial charge in [-0.3, -0.25) is 4.79 Å². The molecule has 3 rings (SSSR count). The highest BCUT2D eigenvalue weighted by molar-refractivity contribution is 6.33. The standard InChI is InChI=1S/C16H14ClNO3/c1-9-14(12(19)6-13(20)15(9)17)16(21)18-7-10-4-2-3-5-11(10)8-18/h2-6,19-20H,7-8H2,1H3. The predicted octanol–water partition coefficient (Wildman–Crippen LogP) is 3.22. The van der Waals surface area contributed by atoms with Crippen molar-refractivity contribution in [2.45, 2.75) is 20.0 Å². The average Bonchev–Trinajstić information content (AvgIpc) is 2.88. The number of hydrogen-bond donors (Lipinski definition) is 2. The Bertz CT molecular complexity index is 718. The van der Waals surface area contributed by atoms with E-state index in [0.29, 0.717) is 18.7 Å². The highest BCUT2D eigenvalue weighted by atomic mass is 35.5. The molecule has 0 aliphatic carbocycles. The van der Waals surface area contributed by atoms with Crippen LogP contribution in [0.4, 0.5) is 0 Å². The van der Waals surface area contributed by atoms with Gasteiger partial charge in [-0.15, -0.1) is 0 Å². The van der Waals surface area contributed by atoms with E-state index in [1.54, 1.807) is 11.8 Å². The molecule has 0 saturated carbocycles. The molecule has 5 heteroatoms. The van der Waals surface area contributed by atoms with Crippen LogP contribution in [0.2, 0.25) is 5.02 Å². The van der Waals surface area contributed by atoms with Gasteiger partial charge in [0.2, 0.25) is 0 Å². The molecule has 1 heterocycles. The minimum absolute atomic E-state index is 0.0906. The van der Waals surface area contributed by atoms with E-state index in [1.165, 1.54) is 0 Å². The van der Waals surface area contributed by atoms with Crippen LogP contribution in [0.25, 0.3) is 0 Å². The van der Waals surface area contributed by atoms with E-state index in [1.807, 2.05) is 24.3 Å².